The van der Waals surface area contributed by atoms with Crippen LogP contribution in [0.2, 0.25) is 0 Å². The van der Waals surface area contributed by atoms with Gasteiger partial charge in [-0.25, -0.2) is 4.79 Å². The van der Waals surface area contributed by atoms with Crippen molar-refractivity contribution in [1.29, 1.82) is 0 Å². The van der Waals surface area contributed by atoms with E-state index in [0.29, 0.717) is 5.56 Å². The molecule has 92 valence electrons. The molecule has 1 N–H and O–H groups in total. The Morgan fingerprint density at radius 2 is 1.94 bits per heavy atom. The smallest absolute Gasteiger partial charge is 0.349 e. The highest BCUT2D eigenvalue weighted by molar-refractivity contribution is 5.79. The molecule has 0 spiro atoms. The van der Waals surface area contributed by atoms with Gasteiger partial charge >= 0.3 is 11.9 Å². The molecule has 5 nitrogen and oxygen atoms in total. The molecule has 1 atom stereocenters. The second-order valence-electron chi connectivity index (χ2n) is 4.09. The van der Waals surface area contributed by atoms with Crippen LogP contribution in [0.1, 0.15) is 31.9 Å². The van der Waals surface area contributed by atoms with Crippen molar-refractivity contribution in [1.82, 2.24) is 4.98 Å². The zero-order chi connectivity index (χ0) is 12.8. The third-order valence-corrected chi connectivity index (χ3v) is 2.06. The standard InChI is InChI=1S/C12H15NO4/c1-8(2)7-10(14)17-11(12(15)16)9-3-5-13-6-4-9/h3-6,8,11H,7H2,1-2H3,(H,15,16). The Morgan fingerprint density at radius 3 is 2.41 bits per heavy atom. The van der Waals surface area contributed by atoms with Gasteiger partial charge in [-0.15, -0.1) is 0 Å². The monoisotopic (exact) mass is 237 g/mol. The number of pyridine rings is 1. The molecule has 0 aromatic carbocycles. The first-order valence-corrected chi connectivity index (χ1v) is 5.33. The summed E-state index contributed by atoms with van der Waals surface area (Å²) in [5.74, 6) is -1.56. The van der Waals surface area contributed by atoms with Crippen LogP contribution in [0.5, 0.6) is 0 Å². The van der Waals surface area contributed by atoms with Crippen LogP contribution in [0.3, 0.4) is 0 Å². The van der Waals surface area contributed by atoms with Crippen molar-refractivity contribution in [3.8, 4) is 0 Å². The maximum atomic E-state index is 11.4. The van der Waals surface area contributed by atoms with Gasteiger partial charge in [-0.2, -0.15) is 0 Å². The second-order valence-corrected chi connectivity index (χ2v) is 4.09. The van der Waals surface area contributed by atoms with E-state index < -0.39 is 18.0 Å². The molecule has 1 aromatic rings. The van der Waals surface area contributed by atoms with Crippen LogP contribution in [0.4, 0.5) is 0 Å². The van der Waals surface area contributed by atoms with Gasteiger partial charge in [0.05, 0.1) is 0 Å². The van der Waals surface area contributed by atoms with E-state index in [-0.39, 0.29) is 12.3 Å². The average molecular weight is 237 g/mol. The highest BCUT2D eigenvalue weighted by Gasteiger charge is 2.24. The summed E-state index contributed by atoms with van der Waals surface area (Å²) in [6, 6.07) is 3.03. The minimum atomic E-state index is -1.26. The summed E-state index contributed by atoms with van der Waals surface area (Å²) in [6.45, 7) is 3.73. The Bertz CT molecular complexity index is 389. The highest BCUT2D eigenvalue weighted by Crippen LogP contribution is 2.18. The van der Waals surface area contributed by atoms with E-state index in [1.807, 2.05) is 13.8 Å². The molecule has 5 heteroatoms. The Morgan fingerprint density at radius 1 is 1.35 bits per heavy atom. The first kappa shape index (κ1) is 13.2. The van der Waals surface area contributed by atoms with Crippen molar-refractivity contribution in [3.05, 3.63) is 30.1 Å². The molecule has 17 heavy (non-hydrogen) atoms. The van der Waals surface area contributed by atoms with Gasteiger partial charge in [0.15, 0.2) is 0 Å². The Balaban J connectivity index is 2.75. The number of esters is 1. The Labute approximate surface area is 99.4 Å². The SMILES string of the molecule is CC(C)CC(=O)OC(C(=O)O)c1ccncc1. The number of rotatable bonds is 5. The first-order valence-electron chi connectivity index (χ1n) is 5.33. The molecule has 0 fully saturated rings. The summed E-state index contributed by atoms with van der Waals surface area (Å²) < 4.78 is 4.94. The molecule has 0 aliphatic rings. The van der Waals surface area contributed by atoms with Crippen molar-refractivity contribution in [2.24, 2.45) is 5.92 Å². The van der Waals surface area contributed by atoms with Crippen LogP contribution in [0, 0.1) is 5.92 Å². The lowest BCUT2D eigenvalue weighted by Crippen LogP contribution is -2.20. The molecule has 1 aromatic heterocycles. The van der Waals surface area contributed by atoms with Crippen LogP contribution in [-0.4, -0.2) is 22.0 Å². The van der Waals surface area contributed by atoms with E-state index in [0.717, 1.165) is 0 Å². The number of carbonyl (C=O) groups is 2. The van der Waals surface area contributed by atoms with E-state index in [1.54, 1.807) is 0 Å². The second kappa shape index (κ2) is 5.98. The minimum Gasteiger partial charge on any atom is -0.478 e. The lowest BCUT2D eigenvalue weighted by Gasteiger charge is -2.14. The van der Waals surface area contributed by atoms with Crippen LogP contribution < -0.4 is 0 Å². The van der Waals surface area contributed by atoms with Gasteiger partial charge in [0.25, 0.3) is 0 Å². The molecule has 1 heterocycles. The van der Waals surface area contributed by atoms with Crippen molar-refractivity contribution in [3.63, 3.8) is 0 Å². The topological polar surface area (TPSA) is 76.5 Å². The molecule has 0 bridgehead atoms. The Kier molecular flexibility index (Phi) is 4.63. The summed E-state index contributed by atoms with van der Waals surface area (Å²) in [6.07, 6.45) is 1.86. The maximum absolute atomic E-state index is 11.4. The molecule has 0 radical (unpaired) electrons. The number of carboxylic acid groups (broad SMARTS) is 1. The third-order valence-electron chi connectivity index (χ3n) is 2.06. The largest absolute Gasteiger partial charge is 0.478 e. The van der Waals surface area contributed by atoms with Crippen molar-refractivity contribution in [2.45, 2.75) is 26.4 Å². The Hall–Kier alpha value is -1.91. The fraction of sp³-hybridized carbons (Fsp3) is 0.417. The van der Waals surface area contributed by atoms with E-state index in [1.165, 1.54) is 24.5 Å². The quantitative estimate of drug-likeness (QED) is 0.790. The number of hydrogen-bond acceptors (Lipinski definition) is 4. The summed E-state index contributed by atoms with van der Waals surface area (Å²) in [4.78, 5) is 26.2. The van der Waals surface area contributed by atoms with Crippen molar-refractivity contribution >= 4 is 11.9 Å². The molecular formula is C12H15NO4. The first-order chi connectivity index (χ1) is 8.00. The number of aliphatic carboxylic acids is 1. The molecule has 0 saturated heterocycles. The molecule has 1 rings (SSSR count). The van der Waals surface area contributed by atoms with Crippen molar-refractivity contribution < 1.29 is 19.4 Å². The minimum absolute atomic E-state index is 0.134. The molecule has 0 aliphatic heterocycles. The van der Waals surface area contributed by atoms with Gasteiger partial charge in [-0.05, 0) is 18.1 Å². The normalized spacial score (nSPS) is 12.2. The predicted molar refractivity (Wildman–Crippen MR) is 60.2 cm³/mol. The molecular weight excluding hydrogens is 222 g/mol. The van der Waals surface area contributed by atoms with Crippen molar-refractivity contribution in [2.75, 3.05) is 0 Å². The van der Waals surface area contributed by atoms with Gasteiger partial charge in [-0.1, -0.05) is 13.8 Å². The summed E-state index contributed by atoms with van der Waals surface area (Å²) in [5, 5.41) is 9.01. The number of hydrogen-bond donors (Lipinski definition) is 1. The molecule has 0 aliphatic carbocycles. The van der Waals surface area contributed by atoms with Gasteiger partial charge < -0.3 is 9.84 Å². The lowest BCUT2D eigenvalue weighted by molar-refractivity contribution is -0.165. The van der Waals surface area contributed by atoms with Gasteiger partial charge in [0, 0.05) is 24.4 Å². The molecule has 0 saturated carbocycles. The fourth-order valence-electron chi connectivity index (χ4n) is 1.31. The van der Waals surface area contributed by atoms with E-state index in [4.69, 9.17) is 9.84 Å². The fourth-order valence-corrected chi connectivity index (χ4v) is 1.31. The highest BCUT2D eigenvalue weighted by atomic mass is 16.6. The lowest BCUT2D eigenvalue weighted by atomic mass is 10.1. The van der Waals surface area contributed by atoms with E-state index >= 15 is 0 Å². The van der Waals surface area contributed by atoms with E-state index in [2.05, 4.69) is 4.98 Å². The summed E-state index contributed by atoms with van der Waals surface area (Å²) in [7, 11) is 0. The number of carboxylic acids is 1. The average Bonchev–Trinajstić information content (AvgIpc) is 2.25. The zero-order valence-electron chi connectivity index (χ0n) is 9.79. The number of ether oxygens (including phenoxy) is 1. The third kappa shape index (κ3) is 4.22. The molecule has 1 unspecified atom stereocenters. The van der Waals surface area contributed by atoms with Gasteiger partial charge in [0.2, 0.25) is 6.10 Å². The number of carbonyl (C=O) groups excluding carboxylic acids is 1. The number of aromatic nitrogens is 1. The maximum Gasteiger partial charge on any atom is 0.349 e. The van der Waals surface area contributed by atoms with Gasteiger partial charge in [0.1, 0.15) is 0 Å². The summed E-state index contributed by atoms with van der Waals surface area (Å²) in [5.41, 5.74) is 0.407. The van der Waals surface area contributed by atoms with Crippen LogP contribution in [0.25, 0.3) is 0 Å². The van der Waals surface area contributed by atoms with Crippen LogP contribution >= 0.6 is 0 Å². The van der Waals surface area contributed by atoms with Crippen LogP contribution in [0.15, 0.2) is 24.5 Å². The molecule has 0 amide bonds. The number of nitrogens with zero attached hydrogens (tertiary/aromatic N) is 1. The summed E-state index contributed by atoms with van der Waals surface area (Å²) >= 11 is 0. The predicted octanol–water partition coefficient (Wildman–Crippen LogP) is 1.80. The van der Waals surface area contributed by atoms with Gasteiger partial charge in [-0.3, -0.25) is 9.78 Å². The van der Waals surface area contributed by atoms with E-state index in [9.17, 15) is 9.59 Å². The zero-order valence-corrected chi connectivity index (χ0v) is 9.79. The van der Waals surface area contributed by atoms with Crippen LogP contribution in [-0.2, 0) is 14.3 Å².